The van der Waals surface area contributed by atoms with Crippen LogP contribution in [0.4, 0.5) is 0 Å². The van der Waals surface area contributed by atoms with Crippen LogP contribution in [-0.2, 0) is 10.2 Å². The summed E-state index contributed by atoms with van der Waals surface area (Å²) in [6.07, 6.45) is 4.18. The number of aryl methyl sites for hydroxylation is 1. The van der Waals surface area contributed by atoms with Gasteiger partial charge in [-0.2, -0.15) is 17.0 Å². The second-order valence-electron chi connectivity index (χ2n) is 7.22. The molecule has 0 aromatic carbocycles. The number of furan rings is 1. The van der Waals surface area contributed by atoms with Crippen LogP contribution in [0.15, 0.2) is 16.5 Å². The third kappa shape index (κ3) is 3.54. The highest BCUT2D eigenvalue weighted by atomic mass is 32.2. The summed E-state index contributed by atoms with van der Waals surface area (Å²) in [5, 5.41) is 0. The minimum absolute atomic E-state index is 0.0791. The first-order valence-electron chi connectivity index (χ1n) is 8.87. The molecule has 0 saturated carbocycles. The third-order valence-electron chi connectivity index (χ3n) is 5.26. The van der Waals surface area contributed by atoms with Gasteiger partial charge in [-0.3, -0.25) is 0 Å². The van der Waals surface area contributed by atoms with Gasteiger partial charge in [0.15, 0.2) is 0 Å². The number of hydrogen-bond acceptors (Lipinski definition) is 4. The summed E-state index contributed by atoms with van der Waals surface area (Å²) in [4.78, 5) is 2.11. The molecule has 7 heteroatoms. The van der Waals surface area contributed by atoms with E-state index in [4.69, 9.17) is 4.42 Å². The van der Waals surface area contributed by atoms with Crippen molar-refractivity contribution in [2.24, 2.45) is 0 Å². The lowest BCUT2D eigenvalue weighted by atomic mass is 10.0. The number of rotatable bonds is 4. The maximum Gasteiger partial charge on any atom is 0.282 e. The van der Waals surface area contributed by atoms with Crippen LogP contribution in [-0.4, -0.2) is 68.2 Å². The predicted octanol–water partition coefficient (Wildman–Crippen LogP) is 2.04. The summed E-state index contributed by atoms with van der Waals surface area (Å²) in [6, 6.07) is 4.07. The van der Waals surface area contributed by atoms with Crippen molar-refractivity contribution < 1.29 is 12.8 Å². The topological polar surface area (TPSA) is 57.0 Å². The van der Waals surface area contributed by atoms with Gasteiger partial charge in [-0.05, 0) is 46.0 Å². The van der Waals surface area contributed by atoms with Gasteiger partial charge in [0.05, 0.1) is 0 Å². The Balaban J connectivity index is 1.81. The molecule has 0 N–H and O–H groups in total. The van der Waals surface area contributed by atoms with Crippen LogP contribution in [0.5, 0.6) is 0 Å². The Morgan fingerprint density at radius 3 is 2.25 bits per heavy atom. The highest BCUT2D eigenvalue weighted by Crippen LogP contribution is 2.33. The Labute approximate surface area is 145 Å². The lowest BCUT2D eigenvalue weighted by Crippen LogP contribution is -2.44. The molecule has 0 bridgehead atoms. The molecule has 3 heterocycles. The van der Waals surface area contributed by atoms with Gasteiger partial charge >= 0.3 is 0 Å². The molecule has 2 aliphatic rings. The fourth-order valence-electron chi connectivity index (χ4n) is 3.83. The van der Waals surface area contributed by atoms with E-state index >= 15 is 0 Å². The molecule has 24 heavy (non-hydrogen) atoms. The maximum absolute atomic E-state index is 13.1. The van der Waals surface area contributed by atoms with E-state index in [0.717, 1.165) is 37.2 Å². The first-order chi connectivity index (χ1) is 11.4. The summed E-state index contributed by atoms with van der Waals surface area (Å²) in [5.74, 6) is 1.84. The van der Waals surface area contributed by atoms with E-state index in [0.29, 0.717) is 26.2 Å². The van der Waals surface area contributed by atoms with Crippen molar-refractivity contribution in [2.45, 2.75) is 44.6 Å². The average molecular weight is 356 g/mol. The first-order valence-corrected chi connectivity index (χ1v) is 10.3. The summed E-state index contributed by atoms with van der Waals surface area (Å²) >= 11 is 0. The SMILES string of the molecule is Cc1ccc([C@H]2CN(S(=O)(=O)N3CCCCCC3)C[C@@H]2N(C)C)o1. The van der Waals surface area contributed by atoms with E-state index in [2.05, 4.69) is 4.90 Å². The van der Waals surface area contributed by atoms with Crippen LogP contribution in [0.2, 0.25) is 0 Å². The summed E-state index contributed by atoms with van der Waals surface area (Å²) in [5.41, 5.74) is 0. The van der Waals surface area contributed by atoms with Gasteiger partial charge in [0.1, 0.15) is 11.5 Å². The molecule has 0 spiro atoms. The smallest absolute Gasteiger partial charge is 0.282 e. The lowest BCUT2D eigenvalue weighted by Gasteiger charge is -2.26. The Hall–Kier alpha value is -0.890. The zero-order chi connectivity index (χ0) is 17.3. The van der Waals surface area contributed by atoms with Crippen LogP contribution >= 0.6 is 0 Å². The summed E-state index contributed by atoms with van der Waals surface area (Å²) in [7, 11) is 0.632. The van der Waals surface area contributed by atoms with Crippen LogP contribution in [0.25, 0.3) is 0 Å². The van der Waals surface area contributed by atoms with Gasteiger partial charge in [-0.15, -0.1) is 0 Å². The predicted molar refractivity (Wildman–Crippen MR) is 94.2 cm³/mol. The normalized spacial score (nSPS) is 27.7. The molecule has 0 radical (unpaired) electrons. The van der Waals surface area contributed by atoms with Gasteiger partial charge in [-0.1, -0.05) is 12.8 Å². The highest BCUT2D eigenvalue weighted by molar-refractivity contribution is 7.86. The molecule has 2 saturated heterocycles. The monoisotopic (exact) mass is 355 g/mol. The van der Waals surface area contributed by atoms with Crippen molar-refractivity contribution in [2.75, 3.05) is 40.3 Å². The summed E-state index contributed by atoms with van der Waals surface area (Å²) < 4.78 is 35.3. The standard InChI is InChI=1S/C17H29N3O3S/c1-14-8-9-17(23-14)15-12-20(13-16(15)18(2)3)24(21,22)19-10-6-4-5-7-11-19/h8-9,15-16H,4-7,10-13H2,1-3H3/t15-,16-/m0/s1. The molecule has 0 unspecified atom stereocenters. The Morgan fingerprint density at radius 2 is 1.71 bits per heavy atom. The fraction of sp³-hybridized carbons (Fsp3) is 0.765. The molecule has 2 aliphatic heterocycles. The minimum Gasteiger partial charge on any atom is -0.466 e. The van der Waals surface area contributed by atoms with E-state index in [1.54, 1.807) is 8.61 Å². The number of hydrogen-bond donors (Lipinski definition) is 0. The summed E-state index contributed by atoms with van der Waals surface area (Å²) in [6.45, 7) is 4.24. The van der Waals surface area contributed by atoms with Gasteiger partial charge in [0.2, 0.25) is 0 Å². The fourth-order valence-corrected chi connectivity index (χ4v) is 5.57. The van der Waals surface area contributed by atoms with Crippen LogP contribution < -0.4 is 0 Å². The third-order valence-corrected chi connectivity index (χ3v) is 7.23. The van der Waals surface area contributed by atoms with Gasteiger partial charge < -0.3 is 9.32 Å². The molecule has 2 fully saturated rings. The molecule has 0 amide bonds. The molecule has 2 atom stereocenters. The van der Waals surface area contributed by atoms with Gasteiger partial charge in [0.25, 0.3) is 10.2 Å². The first kappa shape index (κ1) is 17.9. The minimum atomic E-state index is -3.39. The van der Waals surface area contributed by atoms with Crippen molar-refractivity contribution in [1.82, 2.24) is 13.5 Å². The Morgan fingerprint density at radius 1 is 1.04 bits per heavy atom. The zero-order valence-electron chi connectivity index (χ0n) is 14.9. The van der Waals surface area contributed by atoms with E-state index in [1.807, 2.05) is 33.2 Å². The van der Waals surface area contributed by atoms with E-state index in [1.165, 1.54) is 0 Å². The van der Waals surface area contributed by atoms with Crippen molar-refractivity contribution in [1.29, 1.82) is 0 Å². The van der Waals surface area contributed by atoms with Crippen LogP contribution in [0.3, 0.4) is 0 Å². The second kappa shape index (κ2) is 7.15. The van der Waals surface area contributed by atoms with E-state index in [-0.39, 0.29) is 12.0 Å². The maximum atomic E-state index is 13.1. The molecule has 0 aliphatic carbocycles. The van der Waals surface area contributed by atoms with Gasteiger partial charge in [0, 0.05) is 38.1 Å². The van der Waals surface area contributed by atoms with E-state index < -0.39 is 10.2 Å². The van der Waals surface area contributed by atoms with Crippen LogP contribution in [0.1, 0.15) is 43.1 Å². The second-order valence-corrected chi connectivity index (χ2v) is 9.15. The number of likely N-dealkylation sites (N-methyl/N-ethyl adjacent to an activating group) is 1. The molecule has 136 valence electrons. The van der Waals surface area contributed by atoms with Crippen molar-refractivity contribution in [3.63, 3.8) is 0 Å². The van der Waals surface area contributed by atoms with Crippen molar-refractivity contribution in [3.8, 4) is 0 Å². The molecular weight excluding hydrogens is 326 g/mol. The highest BCUT2D eigenvalue weighted by Gasteiger charge is 2.43. The molecule has 6 nitrogen and oxygen atoms in total. The van der Waals surface area contributed by atoms with Crippen molar-refractivity contribution in [3.05, 3.63) is 23.7 Å². The molecule has 1 aromatic heterocycles. The molecule has 1 aromatic rings. The molecular formula is C17H29N3O3S. The Bertz CT molecular complexity index is 648. The van der Waals surface area contributed by atoms with Crippen LogP contribution in [0, 0.1) is 6.92 Å². The average Bonchev–Trinajstić information content (AvgIpc) is 3.05. The van der Waals surface area contributed by atoms with Gasteiger partial charge in [-0.25, -0.2) is 0 Å². The lowest BCUT2D eigenvalue weighted by molar-refractivity contribution is 0.267. The largest absolute Gasteiger partial charge is 0.466 e. The van der Waals surface area contributed by atoms with Crippen molar-refractivity contribution >= 4 is 10.2 Å². The Kier molecular flexibility index (Phi) is 5.34. The number of nitrogens with zero attached hydrogens (tertiary/aromatic N) is 3. The van der Waals surface area contributed by atoms with E-state index in [9.17, 15) is 8.42 Å². The quantitative estimate of drug-likeness (QED) is 0.829. The molecule has 3 rings (SSSR count). The zero-order valence-corrected chi connectivity index (χ0v) is 15.8.